The number of nitrogen functional groups attached to an aromatic ring is 2. The summed E-state index contributed by atoms with van der Waals surface area (Å²) in [5.74, 6) is 1.22. The van der Waals surface area contributed by atoms with E-state index in [1.165, 1.54) is 18.0 Å². The predicted molar refractivity (Wildman–Crippen MR) is 54.7 cm³/mol. The Kier molecular flexibility index (Phi) is 2.68. The van der Waals surface area contributed by atoms with E-state index in [-0.39, 0.29) is 11.9 Å². The largest absolute Gasteiger partial charge is 0.440 e. The molecule has 0 amide bonds. The Bertz CT molecular complexity index is 424. The van der Waals surface area contributed by atoms with Crippen molar-refractivity contribution in [2.45, 2.75) is 11.0 Å². The minimum absolute atomic E-state index is 0.116. The number of hydrogen-bond donors (Lipinski definition) is 2. The van der Waals surface area contributed by atoms with Crippen LogP contribution in [0.4, 0.5) is 11.9 Å². The highest BCUT2D eigenvalue weighted by Crippen LogP contribution is 2.18. The Hall–Kier alpha value is -1.83. The monoisotopic (exact) mass is 224 g/mol. The summed E-state index contributed by atoms with van der Waals surface area (Å²) in [7, 11) is 0. The fraction of sp³-hybridized carbons (Fsp3) is 0.143. The second-order valence-electron chi connectivity index (χ2n) is 2.55. The van der Waals surface area contributed by atoms with Crippen molar-refractivity contribution < 1.29 is 4.42 Å². The van der Waals surface area contributed by atoms with Gasteiger partial charge in [0.1, 0.15) is 12.1 Å². The van der Waals surface area contributed by atoms with Crippen LogP contribution in [0.15, 0.2) is 22.1 Å². The molecule has 0 atom stereocenters. The minimum Gasteiger partial charge on any atom is -0.440 e. The molecule has 0 radical (unpaired) electrons. The number of hydrogen-bond acceptors (Lipinski definition) is 8. The second kappa shape index (κ2) is 4.13. The number of anilines is 2. The van der Waals surface area contributed by atoms with Gasteiger partial charge in [0, 0.05) is 0 Å². The molecule has 0 saturated carbocycles. The molecule has 0 spiro atoms. The molecule has 2 aromatic rings. The number of nitrogens with two attached hydrogens (primary N) is 2. The standard InChI is InChI=1S/C7H8N6OS/c8-5-11-4(12-6(9)13-5)3-15-7-10-1-2-14-7/h1-2H,3H2,(H4,8,9,11,12,13). The van der Waals surface area contributed by atoms with Crippen molar-refractivity contribution in [1.82, 2.24) is 19.9 Å². The number of rotatable bonds is 3. The van der Waals surface area contributed by atoms with Crippen molar-refractivity contribution in [2.24, 2.45) is 0 Å². The fourth-order valence-corrected chi connectivity index (χ4v) is 1.57. The average molecular weight is 224 g/mol. The van der Waals surface area contributed by atoms with Crippen molar-refractivity contribution in [1.29, 1.82) is 0 Å². The van der Waals surface area contributed by atoms with Gasteiger partial charge in [-0.2, -0.15) is 15.0 Å². The molecule has 0 aliphatic heterocycles. The lowest BCUT2D eigenvalue weighted by Crippen LogP contribution is -2.05. The zero-order valence-electron chi connectivity index (χ0n) is 7.62. The zero-order valence-corrected chi connectivity index (χ0v) is 8.44. The Balaban J connectivity index is 2.05. The summed E-state index contributed by atoms with van der Waals surface area (Å²) in [6.07, 6.45) is 3.07. The van der Waals surface area contributed by atoms with Gasteiger partial charge in [0.05, 0.1) is 11.9 Å². The van der Waals surface area contributed by atoms with E-state index in [0.717, 1.165) is 0 Å². The van der Waals surface area contributed by atoms with E-state index >= 15 is 0 Å². The maximum Gasteiger partial charge on any atom is 0.255 e. The first kappa shape index (κ1) is 9.71. The van der Waals surface area contributed by atoms with Crippen LogP contribution >= 0.6 is 11.8 Å². The molecule has 2 heterocycles. The van der Waals surface area contributed by atoms with E-state index in [4.69, 9.17) is 15.9 Å². The molecular weight excluding hydrogens is 216 g/mol. The Labute approximate surface area is 89.3 Å². The lowest BCUT2D eigenvalue weighted by atomic mass is 10.7. The van der Waals surface area contributed by atoms with Crippen molar-refractivity contribution in [3.05, 3.63) is 18.3 Å². The van der Waals surface area contributed by atoms with Gasteiger partial charge < -0.3 is 15.9 Å². The van der Waals surface area contributed by atoms with Gasteiger partial charge in [-0.15, -0.1) is 0 Å². The van der Waals surface area contributed by atoms with Crippen LogP contribution in [0.1, 0.15) is 5.82 Å². The summed E-state index contributed by atoms with van der Waals surface area (Å²) >= 11 is 1.36. The van der Waals surface area contributed by atoms with Crippen LogP contribution in [0.5, 0.6) is 0 Å². The maximum atomic E-state index is 5.42. The van der Waals surface area contributed by atoms with Gasteiger partial charge in [0.25, 0.3) is 5.22 Å². The van der Waals surface area contributed by atoms with Crippen LogP contribution in [-0.4, -0.2) is 19.9 Å². The Morgan fingerprint density at radius 2 is 1.93 bits per heavy atom. The number of oxazole rings is 1. The van der Waals surface area contributed by atoms with Gasteiger partial charge in [-0.1, -0.05) is 11.8 Å². The highest BCUT2D eigenvalue weighted by atomic mass is 32.2. The molecule has 0 bridgehead atoms. The minimum atomic E-state index is 0.116. The number of aromatic nitrogens is 4. The van der Waals surface area contributed by atoms with E-state index in [1.807, 2.05) is 0 Å². The molecule has 0 aromatic carbocycles. The zero-order chi connectivity index (χ0) is 10.7. The van der Waals surface area contributed by atoms with E-state index in [2.05, 4.69) is 19.9 Å². The van der Waals surface area contributed by atoms with Crippen molar-refractivity contribution in [2.75, 3.05) is 11.5 Å². The molecule has 0 unspecified atom stereocenters. The molecule has 4 N–H and O–H groups in total. The summed E-state index contributed by atoms with van der Waals surface area (Å²) in [6.45, 7) is 0. The number of thioether (sulfide) groups is 1. The molecule has 2 rings (SSSR count). The van der Waals surface area contributed by atoms with Crippen LogP contribution in [0, 0.1) is 0 Å². The molecule has 0 saturated heterocycles. The predicted octanol–water partition coefficient (Wildman–Crippen LogP) is 0.316. The third-order valence-electron chi connectivity index (χ3n) is 1.45. The molecule has 15 heavy (non-hydrogen) atoms. The van der Waals surface area contributed by atoms with Gasteiger partial charge in [-0.25, -0.2) is 4.98 Å². The quantitative estimate of drug-likeness (QED) is 0.715. The normalized spacial score (nSPS) is 10.4. The summed E-state index contributed by atoms with van der Waals surface area (Å²) < 4.78 is 5.03. The van der Waals surface area contributed by atoms with Crippen molar-refractivity contribution in [3.63, 3.8) is 0 Å². The van der Waals surface area contributed by atoms with Gasteiger partial charge in [-0.05, 0) is 0 Å². The van der Waals surface area contributed by atoms with E-state index in [1.54, 1.807) is 6.20 Å². The highest BCUT2D eigenvalue weighted by molar-refractivity contribution is 7.98. The lowest BCUT2D eigenvalue weighted by molar-refractivity contribution is 0.454. The SMILES string of the molecule is Nc1nc(N)nc(CSc2ncco2)n1. The topological polar surface area (TPSA) is 117 Å². The summed E-state index contributed by atoms with van der Waals surface area (Å²) in [5, 5.41) is 0.549. The summed E-state index contributed by atoms with van der Waals surface area (Å²) in [6, 6.07) is 0. The lowest BCUT2D eigenvalue weighted by Gasteiger charge is -1.99. The van der Waals surface area contributed by atoms with E-state index < -0.39 is 0 Å². The van der Waals surface area contributed by atoms with Crippen LogP contribution in [0.25, 0.3) is 0 Å². The third-order valence-corrected chi connectivity index (χ3v) is 2.30. The number of nitrogens with zero attached hydrogens (tertiary/aromatic N) is 4. The molecule has 0 fully saturated rings. The first-order valence-electron chi connectivity index (χ1n) is 4.02. The van der Waals surface area contributed by atoms with Crippen molar-refractivity contribution in [3.8, 4) is 0 Å². The van der Waals surface area contributed by atoms with Gasteiger partial charge >= 0.3 is 0 Å². The highest BCUT2D eigenvalue weighted by Gasteiger charge is 2.04. The molecule has 8 heteroatoms. The Morgan fingerprint density at radius 3 is 2.53 bits per heavy atom. The second-order valence-corrected chi connectivity index (χ2v) is 3.48. The molecular formula is C7H8N6OS. The van der Waals surface area contributed by atoms with Crippen molar-refractivity contribution >= 4 is 23.7 Å². The van der Waals surface area contributed by atoms with Crippen LogP contribution < -0.4 is 11.5 Å². The molecule has 0 aliphatic carbocycles. The van der Waals surface area contributed by atoms with Gasteiger partial charge in [-0.3, -0.25) is 0 Å². The van der Waals surface area contributed by atoms with Crippen LogP contribution in [0.2, 0.25) is 0 Å². The first-order chi connectivity index (χ1) is 7.24. The van der Waals surface area contributed by atoms with E-state index in [0.29, 0.717) is 16.8 Å². The third kappa shape index (κ3) is 2.56. The smallest absolute Gasteiger partial charge is 0.255 e. The van der Waals surface area contributed by atoms with Crippen LogP contribution in [0.3, 0.4) is 0 Å². The molecule has 2 aromatic heterocycles. The summed E-state index contributed by atoms with van der Waals surface area (Å²) in [4.78, 5) is 15.4. The fourth-order valence-electron chi connectivity index (χ4n) is 0.929. The Morgan fingerprint density at radius 1 is 1.20 bits per heavy atom. The van der Waals surface area contributed by atoms with Crippen LogP contribution in [-0.2, 0) is 5.75 Å². The van der Waals surface area contributed by atoms with Gasteiger partial charge in [0.15, 0.2) is 0 Å². The molecule has 78 valence electrons. The average Bonchev–Trinajstić information content (AvgIpc) is 2.65. The molecule has 0 aliphatic rings. The maximum absolute atomic E-state index is 5.42. The van der Waals surface area contributed by atoms with Gasteiger partial charge in [0.2, 0.25) is 11.9 Å². The first-order valence-corrected chi connectivity index (χ1v) is 5.01. The van der Waals surface area contributed by atoms with E-state index in [9.17, 15) is 0 Å². The summed E-state index contributed by atoms with van der Waals surface area (Å²) in [5.41, 5.74) is 10.8. The molecule has 7 nitrogen and oxygen atoms in total.